The maximum atomic E-state index is 12.2. The zero-order chi connectivity index (χ0) is 27.6. The van der Waals surface area contributed by atoms with E-state index in [1.54, 1.807) is 11.8 Å². The van der Waals surface area contributed by atoms with E-state index in [4.69, 9.17) is 15.2 Å². The lowest BCUT2D eigenvalue weighted by Crippen LogP contribution is -2.50. The summed E-state index contributed by atoms with van der Waals surface area (Å²) >= 11 is 0. The van der Waals surface area contributed by atoms with Crippen molar-refractivity contribution in [1.82, 2.24) is 34.6 Å². The van der Waals surface area contributed by atoms with Crippen LogP contribution in [0.1, 0.15) is 39.7 Å². The smallest absolute Gasteiger partial charge is 0.410 e. The predicted octanol–water partition coefficient (Wildman–Crippen LogP) is -0.932. The fraction of sp³-hybridized carbons (Fsp3) is 0.625. The minimum Gasteiger partial charge on any atom is -0.444 e. The molecule has 5 N–H and O–H groups in total. The van der Waals surface area contributed by atoms with Gasteiger partial charge in [0.2, 0.25) is 5.82 Å². The van der Waals surface area contributed by atoms with Crippen molar-refractivity contribution in [3.63, 3.8) is 0 Å². The monoisotopic (exact) mass is 530 g/mol. The number of nitrogens with two attached hydrogens (primary N) is 1. The SMILES string of the molecule is CCNC(=O)[C@H]1O[C@@H](n2cnc3c(N)nc(C#CCN4CCN(C(=O)OC(C)(C)C)CC4)nc32)C(O)[C@H]1O. The van der Waals surface area contributed by atoms with Crippen molar-refractivity contribution in [1.29, 1.82) is 0 Å². The molecule has 2 amide bonds. The number of carbonyl (C=O) groups excluding carboxylic acids is 2. The van der Waals surface area contributed by atoms with Gasteiger partial charge in [-0.25, -0.2) is 19.7 Å². The second kappa shape index (κ2) is 11.1. The number of carbonyl (C=O) groups is 2. The topological polar surface area (TPSA) is 181 Å². The molecule has 38 heavy (non-hydrogen) atoms. The van der Waals surface area contributed by atoms with Gasteiger partial charge < -0.3 is 35.6 Å². The summed E-state index contributed by atoms with van der Waals surface area (Å²) in [4.78, 5) is 41.1. The van der Waals surface area contributed by atoms with Crippen molar-refractivity contribution in [2.45, 2.75) is 57.8 Å². The van der Waals surface area contributed by atoms with E-state index in [-0.39, 0.29) is 28.9 Å². The number of hydrogen-bond donors (Lipinski definition) is 4. The number of nitrogens with one attached hydrogen (secondary N) is 1. The first kappa shape index (κ1) is 27.5. The number of amides is 2. The van der Waals surface area contributed by atoms with Gasteiger partial charge in [-0.1, -0.05) is 5.92 Å². The van der Waals surface area contributed by atoms with Gasteiger partial charge in [-0.2, -0.15) is 0 Å². The molecule has 0 aliphatic carbocycles. The second-order valence-electron chi connectivity index (χ2n) is 10.1. The fourth-order valence-corrected chi connectivity index (χ4v) is 4.21. The molecule has 2 aromatic rings. The van der Waals surface area contributed by atoms with Crippen LogP contribution in [-0.2, 0) is 14.3 Å². The Kier molecular flexibility index (Phi) is 8.02. The Bertz CT molecular complexity index is 1240. The number of likely N-dealkylation sites (N-methyl/N-ethyl adjacent to an activating group) is 1. The van der Waals surface area contributed by atoms with Gasteiger partial charge >= 0.3 is 6.09 Å². The third-order valence-electron chi connectivity index (χ3n) is 6.10. The van der Waals surface area contributed by atoms with Gasteiger partial charge in [0.1, 0.15) is 23.3 Å². The molecule has 0 aromatic carbocycles. The van der Waals surface area contributed by atoms with Crippen LogP contribution in [0.25, 0.3) is 11.2 Å². The van der Waals surface area contributed by atoms with E-state index in [0.717, 1.165) is 0 Å². The normalized spacial score (nSPS) is 24.2. The number of aliphatic hydroxyl groups excluding tert-OH is 2. The van der Waals surface area contributed by atoms with Crippen LogP contribution in [0, 0.1) is 11.8 Å². The molecule has 2 aromatic heterocycles. The standard InChI is InChI=1S/C24H34N8O6/c1-5-26-21(35)18-16(33)17(34)22(37-18)32-13-27-15-19(25)28-14(29-20(15)32)7-6-8-30-9-11-31(12-10-30)23(36)38-24(2,3)4/h13,16-18,22,33-34H,5,8-12H2,1-4H3,(H,26,35)(H2,25,28,29)/t16-,17?,18+,22-/m1/s1. The minimum absolute atomic E-state index is 0.0948. The highest BCUT2D eigenvalue weighted by molar-refractivity contribution is 5.83. The number of aliphatic hydroxyl groups is 2. The largest absolute Gasteiger partial charge is 0.444 e. The lowest BCUT2D eigenvalue weighted by molar-refractivity contribution is -0.137. The quantitative estimate of drug-likeness (QED) is 0.358. The summed E-state index contributed by atoms with van der Waals surface area (Å²) < 4.78 is 12.5. The number of nitrogens with zero attached hydrogens (tertiary/aromatic N) is 6. The van der Waals surface area contributed by atoms with E-state index in [1.807, 2.05) is 20.8 Å². The number of rotatable bonds is 4. The molecular weight excluding hydrogens is 496 g/mol. The number of hydrogen-bond acceptors (Lipinski definition) is 11. The van der Waals surface area contributed by atoms with Crippen LogP contribution in [0.4, 0.5) is 10.6 Å². The first-order valence-electron chi connectivity index (χ1n) is 12.5. The van der Waals surface area contributed by atoms with Gasteiger partial charge in [-0.3, -0.25) is 14.3 Å². The summed E-state index contributed by atoms with van der Waals surface area (Å²) in [5.41, 5.74) is 6.07. The van der Waals surface area contributed by atoms with Crippen LogP contribution in [-0.4, -0.2) is 115 Å². The van der Waals surface area contributed by atoms with E-state index < -0.39 is 36.0 Å². The van der Waals surface area contributed by atoms with Crippen molar-refractivity contribution in [2.24, 2.45) is 0 Å². The first-order valence-corrected chi connectivity index (χ1v) is 12.5. The van der Waals surface area contributed by atoms with Crippen molar-refractivity contribution in [2.75, 3.05) is 45.0 Å². The van der Waals surface area contributed by atoms with E-state index in [1.165, 1.54) is 10.9 Å². The highest BCUT2D eigenvalue weighted by Gasteiger charge is 2.47. The van der Waals surface area contributed by atoms with E-state index >= 15 is 0 Å². The molecule has 14 heteroatoms. The zero-order valence-electron chi connectivity index (χ0n) is 21.9. The fourth-order valence-electron chi connectivity index (χ4n) is 4.21. The Morgan fingerprint density at radius 2 is 1.92 bits per heavy atom. The third-order valence-corrected chi connectivity index (χ3v) is 6.10. The number of ether oxygens (including phenoxy) is 2. The van der Waals surface area contributed by atoms with Gasteiger partial charge in [-0.15, -0.1) is 0 Å². The molecule has 2 aliphatic heterocycles. The first-order chi connectivity index (χ1) is 18.0. The van der Waals surface area contributed by atoms with Crippen LogP contribution < -0.4 is 11.1 Å². The Labute approximate surface area is 220 Å². The van der Waals surface area contributed by atoms with Gasteiger partial charge in [0.05, 0.1) is 12.9 Å². The zero-order valence-corrected chi connectivity index (χ0v) is 21.9. The highest BCUT2D eigenvalue weighted by atomic mass is 16.6. The molecule has 4 heterocycles. The molecule has 4 atom stereocenters. The van der Waals surface area contributed by atoms with E-state index in [0.29, 0.717) is 39.3 Å². The molecule has 206 valence electrons. The van der Waals surface area contributed by atoms with Crippen molar-refractivity contribution in [3.8, 4) is 11.8 Å². The Hall–Kier alpha value is -3.51. The summed E-state index contributed by atoms with van der Waals surface area (Å²) in [5.74, 6) is 5.66. The highest BCUT2D eigenvalue weighted by Crippen LogP contribution is 2.32. The van der Waals surface area contributed by atoms with Crippen molar-refractivity contribution < 1.29 is 29.3 Å². The van der Waals surface area contributed by atoms with Gasteiger partial charge in [-0.05, 0) is 33.6 Å². The maximum absolute atomic E-state index is 12.2. The van der Waals surface area contributed by atoms with Crippen LogP contribution >= 0.6 is 0 Å². The molecule has 2 aliphatic rings. The Morgan fingerprint density at radius 3 is 2.58 bits per heavy atom. The van der Waals surface area contributed by atoms with E-state index in [9.17, 15) is 19.8 Å². The van der Waals surface area contributed by atoms with Crippen LogP contribution in [0.2, 0.25) is 0 Å². The lowest BCUT2D eigenvalue weighted by Gasteiger charge is -2.34. The summed E-state index contributed by atoms with van der Waals surface area (Å²) in [7, 11) is 0. The molecule has 2 saturated heterocycles. The number of aromatic nitrogens is 4. The number of fused-ring (bicyclic) bond motifs is 1. The van der Waals surface area contributed by atoms with E-state index in [2.05, 4.69) is 37.0 Å². The summed E-state index contributed by atoms with van der Waals surface area (Å²) in [6.45, 7) is 10.4. The Morgan fingerprint density at radius 1 is 1.21 bits per heavy atom. The van der Waals surface area contributed by atoms with Gasteiger partial charge in [0, 0.05) is 32.7 Å². The molecule has 4 rings (SSSR count). The number of imidazole rings is 1. The van der Waals surface area contributed by atoms with Gasteiger partial charge in [0.15, 0.2) is 23.8 Å². The number of anilines is 1. The summed E-state index contributed by atoms with van der Waals surface area (Å²) in [6.07, 6.45) is -4.15. The number of nitrogen functional groups attached to an aromatic ring is 1. The molecule has 1 unspecified atom stereocenters. The molecule has 14 nitrogen and oxygen atoms in total. The summed E-state index contributed by atoms with van der Waals surface area (Å²) in [5, 5.41) is 23.5. The maximum Gasteiger partial charge on any atom is 0.410 e. The molecule has 2 fully saturated rings. The predicted molar refractivity (Wildman–Crippen MR) is 135 cm³/mol. The average molecular weight is 531 g/mol. The minimum atomic E-state index is -1.43. The van der Waals surface area contributed by atoms with Crippen LogP contribution in [0.5, 0.6) is 0 Å². The van der Waals surface area contributed by atoms with Crippen LogP contribution in [0.15, 0.2) is 6.33 Å². The summed E-state index contributed by atoms with van der Waals surface area (Å²) in [6, 6.07) is 0. The molecule has 0 spiro atoms. The third kappa shape index (κ3) is 5.97. The molecule has 0 saturated carbocycles. The van der Waals surface area contributed by atoms with Crippen LogP contribution in [0.3, 0.4) is 0 Å². The average Bonchev–Trinajstić information content (AvgIpc) is 3.40. The molecule has 0 radical (unpaired) electrons. The number of piperazine rings is 1. The van der Waals surface area contributed by atoms with Gasteiger partial charge in [0.25, 0.3) is 5.91 Å². The van der Waals surface area contributed by atoms with Crippen molar-refractivity contribution >= 4 is 29.0 Å². The lowest BCUT2D eigenvalue weighted by atomic mass is 10.1. The second-order valence-corrected chi connectivity index (χ2v) is 10.1. The van der Waals surface area contributed by atoms with Crippen molar-refractivity contribution in [3.05, 3.63) is 12.2 Å². The molecule has 0 bridgehead atoms. The Balaban J connectivity index is 1.43. The molecular formula is C24H34N8O6.